The summed E-state index contributed by atoms with van der Waals surface area (Å²) in [5.41, 5.74) is 4.37. The second kappa shape index (κ2) is 6.42. The Morgan fingerprint density at radius 3 is 2.79 bits per heavy atom. The predicted octanol–water partition coefficient (Wildman–Crippen LogP) is 1.29. The maximum Gasteiger partial charge on any atom is 0.405 e. The van der Waals surface area contributed by atoms with Crippen LogP contribution in [0, 0.1) is 0 Å². The standard InChI is InChI=1S/C12H17N3O3S/c1-12(2,18-11(13)17)10(16)15-7-8-9(19-3)5-4-6-14-8/h4-6H,7H2,1-3H3,(H2,13,17)(H,15,16). The number of carbonyl (C=O) groups excluding carboxylic acids is 2. The van der Waals surface area contributed by atoms with Crippen LogP contribution >= 0.6 is 11.8 Å². The molecule has 19 heavy (non-hydrogen) atoms. The zero-order valence-electron chi connectivity index (χ0n) is 11.1. The van der Waals surface area contributed by atoms with Gasteiger partial charge in [-0.25, -0.2) is 4.79 Å². The molecule has 1 rings (SSSR count). The lowest BCUT2D eigenvalue weighted by Crippen LogP contribution is -2.46. The third-order valence-electron chi connectivity index (χ3n) is 2.39. The number of pyridine rings is 1. The van der Waals surface area contributed by atoms with E-state index in [9.17, 15) is 9.59 Å². The van der Waals surface area contributed by atoms with E-state index in [-0.39, 0.29) is 6.54 Å². The summed E-state index contributed by atoms with van der Waals surface area (Å²) in [6.45, 7) is 3.21. The van der Waals surface area contributed by atoms with Crippen LogP contribution in [0.25, 0.3) is 0 Å². The number of hydrogen-bond donors (Lipinski definition) is 2. The third-order valence-corrected chi connectivity index (χ3v) is 3.20. The first-order chi connectivity index (χ1) is 8.86. The zero-order chi connectivity index (χ0) is 14.5. The van der Waals surface area contributed by atoms with Gasteiger partial charge in [-0.2, -0.15) is 0 Å². The number of ether oxygens (including phenoxy) is 1. The van der Waals surface area contributed by atoms with Gasteiger partial charge in [0.15, 0.2) is 5.60 Å². The first-order valence-electron chi connectivity index (χ1n) is 5.61. The van der Waals surface area contributed by atoms with Crippen molar-refractivity contribution >= 4 is 23.8 Å². The Bertz CT molecular complexity index is 477. The van der Waals surface area contributed by atoms with Crippen LogP contribution in [0.2, 0.25) is 0 Å². The molecule has 0 saturated heterocycles. The summed E-state index contributed by atoms with van der Waals surface area (Å²) in [7, 11) is 0. The number of nitrogens with two attached hydrogens (primary N) is 1. The highest BCUT2D eigenvalue weighted by Crippen LogP contribution is 2.18. The summed E-state index contributed by atoms with van der Waals surface area (Å²) in [6, 6.07) is 3.75. The van der Waals surface area contributed by atoms with E-state index in [0.29, 0.717) is 0 Å². The molecule has 2 amide bonds. The van der Waals surface area contributed by atoms with Crippen molar-refractivity contribution in [1.82, 2.24) is 10.3 Å². The molecule has 0 spiro atoms. The molecule has 0 fully saturated rings. The molecule has 0 radical (unpaired) electrons. The normalized spacial score (nSPS) is 10.9. The Morgan fingerprint density at radius 2 is 2.21 bits per heavy atom. The number of nitrogens with one attached hydrogen (secondary N) is 1. The lowest BCUT2D eigenvalue weighted by Gasteiger charge is -2.22. The van der Waals surface area contributed by atoms with Gasteiger partial charge in [0.05, 0.1) is 12.2 Å². The second-order valence-electron chi connectivity index (χ2n) is 4.27. The molecule has 104 valence electrons. The van der Waals surface area contributed by atoms with E-state index in [2.05, 4.69) is 10.3 Å². The van der Waals surface area contributed by atoms with Gasteiger partial charge in [0.2, 0.25) is 0 Å². The molecule has 0 unspecified atom stereocenters. The summed E-state index contributed by atoms with van der Waals surface area (Å²) < 4.78 is 4.75. The molecule has 1 aromatic heterocycles. The predicted molar refractivity (Wildman–Crippen MR) is 72.6 cm³/mol. The van der Waals surface area contributed by atoms with Crippen molar-refractivity contribution in [3.05, 3.63) is 24.0 Å². The highest BCUT2D eigenvalue weighted by atomic mass is 32.2. The Morgan fingerprint density at radius 1 is 1.53 bits per heavy atom. The molecular weight excluding hydrogens is 266 g/mol. The van der Waals surface area contributed by atoms with Crippen LogP contribution in [-0.2, 0) is 16.1 Å². The van der Waals surface area contributed by atoms with E-state index >= 15 is 0 Å². The van der Waals surface area contributed by atoms with Crippen molar-refractivity contribution < 1.29 is 14.3 Å². The molecule has 7 heteroatoms. The van der Waals surface area contributed by atoms with Gasteiger partial charge in [0, 0.05) is 11.1 Å². The molecule has 1 heterocycles. The molecule has 0 atom stereocenters. The topological polar surface area (TPSA) is 94.3 Å². The van der Waals surface area contributed by atoms with Gasteiger partial charge in [-0.05, 0) is 32.2 Å². The number of rotatable bonds is 5. The fourth-order valence-corrected chi connectivity index (χ4v) is 1.99. The maximum absolute atomic E-state index is 11.9. The first-order valence-corrected chi connectivity index (χ1v) is 6.84. The molecule has 0 bridgehead atoms. The van der Waals surface area contributed by atoms with E-state index in [1.54, 1.807) is 18.0 Å². The minimum atomic E-state index is -1.31. The number of aromatic nitrogens is 1. The Kier molecular flexibility index (Phi) is 5.17. The molecule has 3 N–H and O–H groups in total. The summed E-state index contributed by atoms with van der Waals surface area (Å²) in [6.07, 6.45) is 2.61. The van der Waals surface area contributed by atoms with Crippen molar-refractivity contribution in [2.24, 2.45) is 5.73 Å². The summed E-state index contributed by atoms with van der Waals surface area (Å²) >= 11 is 1.55. The van der Waals surface area contributed by atoms with E-state index in [1.165, 1.54) is 13.8 Å². The van der Waals surface area contributed by atoms with Crippen molar-refractivity contribution in [1.29, 1.82) is 0 Å². The summed E-state index contributed by atoms with van der Waals surface area (Å²) in [5, 5.41) is 2.67. The zero-order valence-corrected chi connectivity index (χ0v) is 11.9. The van der Waals surface area contributed by atoms with Gasteiger partial charge in [-0.3, -0.25) is 9.78 Å². The SMILES string of the molecule is CSc1cccnc1CNC(=O)C(C)(C)OC(N)=O. The van der Waals surface area contributed by atoms with Crippen LogP contribution in [-0.4, -0.2) is 28.8 Å². The molecule has 0 aliphatic heterocycles. The molecule has 0 aliphatic rings. The van der Waals surface area contributed by atoms with Crippen LogP contribution in [0.15, 0.2) is 23.2 Å². The third kappa shape index (κ3) is 4.44. The highest BCUT2D eigenvalue weighted by Gasteiger charge is 2.31. The van der Waals surface area contributed by atoms with Gasteiger partial charge >= 0.3 is 6.09 Å². The van der Waals surface area contributed by atoms with Crippen molar-refractivity contribution in [2.45, 2.75) is 30.9 Å². The smallest absolute Gasteiger partial charge is 0.405 e. The van der Waals surface area contributed by atoms with E-state index in [4.69, 9.17) is 10.5 Å². The fourth-order valence-electron chi connectivity index (χ4n) is 1.42. The Labute approximate surface area is 116 Å². The van der Waals surface area contributed by atoms with Gasteiger partial charge in [0.25, 0.3) is 5.91 Å². The monoisotopic (exact) mass is 283 g/mol. The largest absolute Gasteiger partial charge is 0.434 e. The van der Waals surface area contributed by atoms with Crippen molar-refractivity contribution in [2.75, 3.05) is 6.26 Å². The number of primary amides is 1. The van der Waals surface area contributed by atoms with E-state index in [1.807, 2.05) is 18.4 Å². The van der Waals surface area contributed by atoms with Gasteiger partial charge in [0.1, 0.15) is 0 Å². The number of carbonyl (C=O) groups is 2. The maximum atomic E-state index is 11.9. The molecule has 0 aromatic carbocycles. The van der Waals surface area contributed by atoms with Crippen LogP contribution in [0.5, 0.6) is 0 Å². The van der Waals surface area contributed by atoms with Gasteiger partial charge in [-0.1, -0.05) is 0 Å². The van der Waals surface area contributed by atoms with Gasteiger partial charge < -0.3 is 15.8 Å². The van der Waals surface area contributed by atoms with Crippen LogP contribution < -0.4 is 11.1 Å². The molecular formula is C12H17N3O3S. The minimum Gasteiger partial charge on any atom is -0.434 e. The number of amides is 2. The quantitative estimate of drug-likeness (QED) is 0.794. The van der Waals surface area contributed by atoms with Crippen molar-refractivity contribution in [3.8, 4) is 0 Å². The number of nitrogens with zero attached hydrogens (tertiary/aromatic N) is 1. The number of hydrogen-bond acceptors (Lipinski definition) is 5. The average Bonchev–Trinajstić information content (AvgIpc) is 2.34. The summed E-state index contributed by atoms with van der Waals surface area (Å²) in [5.74, 6) is -0.427. The fraction of sp³-hybridized carbons (Fsp3) is 0.417. The number of thioether (sulfide) groups is 1. The first kappa shape index (κ1) is 15.3. The van der Waals surface area contributed by atoms with Crippen molar-refractivity contribution in [3.63, 3.8) is 0 Å². The van der Waals surface area contributed by atoms with Gasteiger partial charge in [-0.15, -0.1) is 11.8 Å². The second-order valence-corrected chi connectivity index (χ2v) is 5.11. The van der Waals surface area contributed by atoms with Crippen LogP contribution in [0.3, 0.4) is 0 Å². The van der Waals surface area contributed by atoms with Crippen LogP contribution in [0.1, 0.15) is 19.5 Å². The molecule has 6 nitrogen and oxygen atoms in total. The van der Waals surface area contributed by atoms with E-state index < -0.39 is 17.6 Å². The molecule has 0 saturated carbocycles. The van der Waals surface area contributed by atoms with Crippen LogP contribution in [0.4, 0.5) is 4.79 Å². The van der Waals surface area contributed by atoms with E-state index in [0.717, 1.165) is 10.6 Å². The Balaban J connectivity index is 2.66. The summed E-state index contributed by atoms with van der Waals surface area (Å²) in [4.78, 5) is 27.8. The lowest BCUT2D eigenvalue weighted by molar-refractivity contribution is -0.136. The minimum absolute atomic E-state index is 0.265. The Hall–Kier alpha value is -1.76. The molecule has 0 aliphatic carbocycles. The lowest BCUT2D eigenvalue weighted by atomic mass is 10.1. The average molecular weight is 283 g/mol. The highest BCUT2D eigenvalue weighted by molar-refractivity contribution is 7.98. The molecule has 1 aromatic rings.